The molecular formula is C9H8F3O2. The molecule has 1 rings (SSSR count). The van der Waals surface area contributed by atoms with Crippen LogP contribution in [0.5, 0.6) is 5.75 Å². The average molecular weight is 205 g/mol. The van der Waals surface area contributed by atoms with Gasteiger partial charge in [-0.1, -0.05) is 18.2 Å². The van der Waals surface area contributed by atoms with E-state index in [1.54, 1.807) is 0 Å². The van der Waals surface area contributed by atoms with Crippen molar-refractivity contribution in [3.8, 4) is 5.75 Å². The van der Waals surface area contributed by atoms with Gasteiger partial charge in [0.25, 0.3) is 0 Å². The van der Waals surface area contributed by atoms with Gasteiger partial charge in [-0.15, -0.1) is 13.2 Å². The van der Waals surface area contributed by atoms with Crippen LogP contribution in [-0.2, 0) is 0 Å². The van der Waals surface area contributed by atoms with Crippen LogP contribution in [0, 0.1) is 13.5 Å². The van der Waals surface area contributed by atoms with E-state index in [0.717, 1.165) is 0 Å². The molecule has 0 aromatic heterocycles. The van der Waals surface area contributed by atoms with Gasteiger partial charge in [0.05, 0.1) is 0 Å². The molecule has 1 radical (unpaired) electrons. The summed E-state index contributed by atoms with van der Waals surface area (Å²) in [5.74, 6) is -0.373. The minimum Gasteiger partial charge on any atom is -0.405 e. The summed E-state index contributed by atoms with van der Waals surface area (Å²) in [6.07, 6.45) is -4.75. The van der Waals surface area contributed by atoms with E-state index in [1.807, 2.05) is 0 Å². The highest BCUT2D eigenvalue weighted by atomic mass is 19.4. The van der Waals surface area contributed by atoms with Gasteiger partial charge in [0.2, 0.25) is 0 Å². The second kappa shape index (κ2) is 3.88. The van der Waals surface area contributed by atoms with Crippen LogP contribution < -0.4 is 4.74 Å². The predicted molar refractivity (Wildman–Crippen MR) is 43.2 cm³/mol. The molecule has 77 valence electrons. The van der Waals surface area contributed by atoms with Gasteiger partial charge in [0, 0.05) is 5.56 Å². The summed E-state index contributed by atoms with van der Waals surface area (Å²) >= 11 is 0. The van der Waals surface area contributed by atoms with E-state index in [0.29, 0.717) is 12.2 Å². The smallest absolute Gasteiger partial charge is 0.405 e. The lowest BCUT2D eigenvalue weighted by atomic mass is 10.1. The third kappa shape index (κ3) is 2.63. The van der Waals surface area contributed by atoms with Crippen molar-refractivity contribution in [2.75, 3.05) is 0 Å². The highest BCUT2D eigenvalue weighted by molar-refractivity contribution is 5.43. The maximum absolute atomic E-state index is 11.9. The molecule has 1 N–H and O–H groups in total. The third-order valence-electron chi connectivity index (χ3n) is 1.60. The van der Waals surface area contributed by atoms with Crippen LogP contribution in [-0.4, -0.2) is 11.5 Å². The molecular weight excluding hydrogens is 197 g/mol. The van der Waals surface area contributed by atoms with Crippen LogP contribution in [0.25, 0.3) is 0 Å². The Bertz CT molecular complexity index is 320. The number of aliphatic hydroxyl groups excluding tert-OH is 1. The maximum Gasteiger partial charge on any atom is 0.573 e. The molecule has 0 heterocycles. The quantitative estimate of drug-likeness (QED) is 0.804. The Kier molecular flexibility index (Phi) is 3.00. The van der Waals surface area contributed by atoms with Crippen LogP contribution >= 0.6 is 0 Å². The summed E-state index contributed by atoms with van der Waals surface area (Å²) in [4.78, 5) is 0. The molecule has 0 atom stereocenters. The number of benzene rings is 1. The lowest BCUT2D eigenvalue weighted by Crippen LogP contribution is -2.18. The summed E-state index contributed by atoms with van der Waals surface area (Å²) < 4.78 is 39.5. The first-order chi connectivity index (χ1) is 6.44. The molecule has 0 aliphatic heterocycles. The van der Waals surface area contributed by atoms with Crippen molar-refractivity contribution < 1.29 is 23.0 Å². The van der Waals surface area contributed by atoms with Crippen LogP contribution in [0.15, 0.2) is 18.2 Å². The van der Waals surface area contributed by atoms with E-state index in [9.17, 15) is 13.2 Å². The number of hydrogen-bond donors (Lipinski definition) is 1. The van der Waals surface area contributed by atoms with E-state index in [1.165, 1.54) is 25.1 Å². The molecule has 0 fully saturated rings. The SMILES string of the molecule is Cc1cccc([CH]O)c1OC(F)(F)F. The molecule has 14 heavy (non-hydrogen) atoms. The fourth-order valence-electron chi connectivity index (χ4n) is 1.03. The Morgan fingerprint density at radius 1 is 1.36 bits per heavy atom. The highest BCUT2D eigenvalue weighted by Gasteiger charge is 2.32. The van der Waals surface area contributed by atoms with Gasteiger partial charge in [-0.3, -0.25) is 0 Å². The summed E-state index contributed by atoms with van der Waals surface area (Å²) in [6.45, 7) is 2.04. The Balaban J connectivity index is 3.05. The molecule has 0 unspecified atom stereocenters. The van der Waals surface area contributed by atoms with Crippen molar-refractivity contribution in [2.45, 2.75) is 13.3 Å². The van der Waals surface area contributed by atoms with Crippen molar-refractivity contribution in [1.29, 1.82) is 0 Å². The van der Waals surface area contributed by atoms with Crippen LogP contribution in [0.1, 0.15) is 11.1 Å². The second-order valence-corrected chi connectivity index (χ2v) is 2.67. The first-order valence-corrected chi connectivity index (χ1v) is 3.77. The zero-order valence-electron chi connectivity index (χ0n) is 7.30. The Morgan fingerprint density at radius 3 is 2.50 bits per heavy atom. The predicted octanol–water partition coefficient (Wildman–Crippen LogP) is 2.78. The number of aliphatic hydroxyl groups is 1. The largest absolute Gasteiger partial charge is 0.573 e. The van der Waals surface area contributed by atoms with Gasteiger partial charge in [0.15, 0.2) is 0 Å². The van der Waals surface area contributed by atoms with Crippen LogP contribution in [0.2, 0.25) is 0 Å². The summed E-state index contributed by atoms with van der Waals surface area (Å²) in [5, 5.41) is 8.67. The number of alkyl halides is 3. The second-order valence-electron chi connectivity index (χ2n) is 2.67. The first-order valence-electron chi connectivity index (χ1n) is 3.77. The van der Waals surface area contributed by atoms with Crippen molar-refractivity contribution >= 4 is 0 Å². The minimum atomic E-state index is -4.75. The number of aryl methyl sites for hydroxylation is 1. The van der Waals surface area contributed by atoms with Crippen molar-refractivity contribution in [3.63, 3.8) is 0 Å². The number of rotatable bonds is 2. The average Bonchev–Trinajstić information content (AvgIpc) is 2.06. The standard InChI is InChI=1S/C9H8F3O2/c1-6-3-2-4-7(5-13)8(6)14-9(10,11)12/h2-5,13H,1H3. The van der Waals surface area contributed by atoms with Gasteiger partial charge in [-0.05, 0) is 12.5 Å². The van der Waals surface area contributed by atoms with E-state index in [4.69, 9.17) is 5.11 Å². The number of hydrogen-bond acceptors (Lipinski definition) is 2. The lowest BCUT2D eigenvalue weighted by Gasteiger charge is -2.13. The van der Waals surface area contributed by atoms with Gasteiger partial charge >= 0.3 is 6.36 Å². The fraction of sp³-hybridized carbons (Fsp3) is 0.222. The molecule has 0 saturated carbocycles. The zero-order chi connectivity index (χ0) is 10.8. The van der Waals surface area contributed by atoms with Crippen LogP contribution in [0.3, 0.4) is 0 Å². The topological polar surface area (TPSA) is 29.5 Å². The minimum absolute atomic E-state index is 0.00215. The van der Waals surface area contributed by atoms with Gasteiger partial charge in [-0.25, -0.2) is 0 Å². The number of halogens is 3. The molecule has 5 heteroatoms. The zero-order valence-corrected chi connectivity index (χ0v) is 7.30. The Morgan fingerprint density at radius 2 is 2.00 bits per heavy atom. The van der Waals surface area contributed by atoms with Gasteiger partial charge in [-0.2, -0.15) is 0 Å². The van der Waals surface area contributed by atoms with Crippen molar-refractivity contribution in [2.24, 2.45) is 0 Å². The van der Waals surface area contributed by atoms with E-state index in [2.05, 4.69) is 4.74 Å². The van der Waals surface area contributed by atoms with Gasteiger partial charge in [0.1, 0.15) is 12.4 Å². The fourth-order valence-corrected chi connectivity index (χ4v) is 1.03. The van der Waals surface area contributed by atoms with Crippen LogP contribution in [0.4, 0.5) is 13.2 Å². The molecule has 1 aromatic rings. The summed E-state index contributed by atoms with van der Waals surface area (Å²) in [7, 11) is 0. The third-order valence-corrected chi connectivity index (χ3v) is 1.60. The molecule has 2 nitrogen and oxygen atoms in total. The molecule has 0 spiro atoms. The van der Waals surface area contributed by atoms with E-state index in [-0.39, 0.29) is 11.3 Å². The Hall–Kier alpha value is -1.23. The highest BCUT2D eigenvalue weighted by Crippen LogP contribution is 2.29. The molecule has 0 amide bonds. The van der Waals surface area contributed by atoms with Crippen molar-refractivity contribution in [3.05, 3.63) is 35.9 Å². The summed E-state index contributed by atoms with van der Waals surface area (Å²) in [5.41, 5.74) is 0.312. The van der Waals surface area contributed by atoms with E-state index >= 15 is 0 Å². The molecule has 0 bridgehead atoms. The lowest BCUT2D eigenvalue weighted by molar-refractivity contribution is -0.275. The van der Waals surface area contributed by atoms with Gasteiger partial charge < -0.3 is 9.84 Å². The summed E-state index contributed by atoms with van der Waals surface area (Å²) in [6, 6.07) is 4.32. The number of ether oxygens (including phenoxy) is 1. The normalized spacial score (nSPS) is 11.5. The molecule has 0 aliphatic carbocycles. The molecule has 0 aliphatic rings. The molecule has 0 saturated heterocycles. The first kappa shape index (κ1) is 10.8. The monoisotopic (exact) mass is 205 g/mol. The number of para-hydroxylation sites is 1. The maximum atomic E-state index is 11.9. The van der Waals surface area contributed by atoms with E-state index < -0.39 is 6.36 Å². The Labute approximate surface area is 78.9 Å². The molecule has 1 aromatic carbocycles. The van der Waals surface area contributed by atoms with Crippen molar-refractivity contribution in [1.82, 2.24) is 0 Å².